The Morgan fingerprint density at radius 2 is 2.14 bits per heavy atom. The lowest BCUT2D eigenvalue weighted by Gasteiger charge is -2.07. The topological polar surface area (TPSA) is 104 Å². The lowest BCUT2D eigenvalue weighted by molar-refractivity contribution is 0.0691. The van der Waals surface area contributed by atoms with Gasteiger partial charge in [0.25, 0.3) is 0 Å². The largest absolute Gasteiger partial charge is 0.476 e. The van der Waals surface area contributed by atoms with Crippen LogP contribution in [0, 0.1) is 0 Å². The maximum Gasteiger partial charge on any atom is 0.358 e. The van der Waals surface area contributed by atoms with E-state index in [0.29, 0.717) is 24.6 Å². The predicted molar refractivity (Wildman–Crippen MR) is 71.4 cm³/mol. The Balaban J connectivity index is 1.97. The molecule has 1 N–H and O–H groups in total. The van der Waals surface area contributed by atoms with Crippen LogP contribution in [0.2, 0.25) is 0 Å². The highest BCUT2D eigenvalue weighted by Gasteiger charge is 2.23. The normalized spacial score (nSPS) is 10.9. The fraction of sp³-hybridized carbons (Fsp3) is 0.250. The number of aryl methyl sites for hydroxylation is 3. The van der Waals surface area contributed by atoms with Gasteiger partial charge in [-0.1, -0.05) is 5.21 Å². The van der Waals surface area contributed by atoms with Gasteiger partial charge in [0.1, 0.15) is 5.69 Å². The Morgan fingerprint density at radius 3 is 2.76 bits per heavy atom. The molecule has 0 unspecified atom stereocenters. The molecule has 0 spiro atoms. The van der Waals surface area contributed by atoms with E-state index in [-0.39, 0.29) is 5.69 Å². The number of aromatic nitrogens is 7. The van der Waals surface area contributed by atoms with Gasteiger partial charge in [0.2, 0.25) is 5.69 Å². The van der Waals surface area contributed by atoms with Crippen molar-refractivity contribution in [3.63, 3.8) is 0 Å². The fourth-order valence-electron chi connectivity index (χ4n) is 2.06. The van der Waals surface area contributed by atoms with Crippen LogP contribution in [0.5, 0.6) is 0 Å². The Hall–Kier alpha value is -2.97. The lowest BCUT2D eigenvalue weighted by atomic mass is 10.3. The molecule has 9 nitrogen and oxygen atoms in total. The molecule has 0 saturated carbocycles. The van der Waals surface area contributed by atoms with E-state index >= 15 is 0 Å². The van der Waals surface area contributed by atoms with Gasteiger partial charge in [-0.25, -0.2) is 19.4 Å². The van der Waals surface area contributed by atoms with Crippen molar-refractivity contribution in [3.8, 4) is 11.5 Å². The summed E-state index contributed by atoms with van der Waals surface area (Å²) in [6.07, 6.45) is 8.55. The highest BCUT2D eigenvalue weighted by molar-refractivity contribution is 5.91. The minimum Gasteiger partial charge on any atom is -0.476 e. The number of carboxylic acids is 1. The van der Waals surface area contributed by atoms with Crippen molar-refractivity contribution in [1.82, 2.24) is 34.1 Å². The van der Waals surface area contributed by atoms with Gasteiger partial charge in [0.15, 0.2) is 5.82 Å². The van der Waals surface area contributed by atoms with Crippen molar-refractivity contribution < 1.29 is 9.90 Å². The first kappa shape index (κ1) is 13.0. The molecule has 3 heterocycles. The fourth-order valence-corrected chi connectivity index (χ4v) is 2.06. The van der Waals surface area contributed by atoms with E-state index in [1.54, 1.807) is 41.2 Å². The van der Waals surface area contributed by atoms with Crippen molar-refractivity contribution in [1.29, 1.82) is 0 Å². The average Bonchev–Trinajstić information content (AvgIpc) is 3.15. The van der Waals surface area contributed by atoms with Gasteiger partial charge in [-0.2, -0.15) is 0 Å². The van der Waals surface area contributed by atoms with Gasteiger partial charge in [0.05, 0.1) is 12.9 Å². The first-order valence-electron chi connectivity index (χ1n) is 6.27. The van der Waals surface area contributed by atoms with Crippen molar-refractivity contribution in [3.05, 3.63) is 36.8 Å². The maximum absolute atomic E-state index is 11.3. The SMILES string of the molecule is Cn1ccnc1-c1c(C(=O)O)nnn1CCn1ccnc1. The molecule has 108 valence electrons. The van der Waals surface area contributed by atoms with E-state index in [1.165, 1.54) is 0 Å². The van der Waals surface area contributed by atoms with Crippen LogP contribution in [0.4, 0.5) is 0 Å². The molecule has 0 bridgehead atoms. The highest BCUT2D eigenvalue weighted by atomic mass is 16.4. The summed E-state index contributed by atoms with van der Waals surface area (Å²) in [6.45, 7) is 1.08. The van der Waals surface area contributed by atoms with Crippen LogP contribution >= 0.6 is 0 Å². The zero-order valence-corrected chi connectivity index (χ0v) is 11.3. The number of carboxylic acid groups (broad SMARTS) is 1. The number of hydrogen-bond donors (Lipinski definition) is 1. The third-order valence-corrected chi connectivity index (χ3v) is 3.10. The summed E-state index contributed by atoms with van der Waals surface area (Å²) in [7, 11) is 1.79. The zero-order valence-electron chi connectivity index (χ0n) is 11.3. The van der Waals surface area contributed by atoms with Crippen molar-refractivity contribution >= 4 is 5.97 Å². The number of hydrogen-bond acceptors (Lipinski definition) is 5. The quantitative estimate of drug-likeness (QED) is 0.722. The molecule has 0 fully saturated rings. The molecule has 0 aliphatic rings. The summed E-state index contributed by atoms with van der Waals surface area (Å²) in [4.78, 5) is 19.5. The Labute approximate surface area is 119 Å². The highest BCUT2D eigenvalue weighted by Crippen LogP contribution is 2.20. The van der Waals surface area contributed by atoms with Crippen LogP contribution in [0.15, 0.2) is 31.1 Å². The van der Waals surface area contributed by atoms with Gasteiger partial charge in [-0.15, -0.1) is 5.10 Å². The lowest BCUT2D eigenvalue weighted by Crippen LogP contribution is -2.11. The Morgan fingerprint density at radius 1 is 1.29 bits per heavy atom. The standard InChI is InChI=1S/C12H13N7O2/c1-17-4-3-14-11(17)10-9(12(20)21)15-16-19(10)7-6-18-5-2-13-8-18/h2-5,8H,6-7H2,1H3,(H,20,21). The minimum absolute atomic E-state index is 0.102. The molecule has 3 rings (SSSR count). The summed E-state index contributed by atoms with van der Waals surface area (Å²) in [5.74, 6) is -0.607. The number of rotatable bonds is 5. The molecule has 0 saturated heterocycles. The summed E-state index contributed by atoms with van der Waals surface area (Å²) in [5, 5.41) is 16.9. The van der Waals surface area contributed by atoms with Gasteiger partial charge in [-0.05, 0) is 0 Å². The Kier molecular flexibility index (Phi) is 3.22. The summed E-state index contributed by atoms with van der Waals surface area (Å²) < 4.78 is 5.16. The molecule has 21 heavy (non-hydrogen) atoms. The van der Waals surface area contributed by atoms with Crippen LogP contribution in [-0.2, 0) is 20.1 Å². The monoisotopic (exact) mass is 287 g/mol. The van der Waals surface area contributed by atoms with Gasteiger partial charge >= 0.3 is 5.97 Å². The van der Waals surface area contributed by atoms with Crippen LogP contribution < -0.4 is 0 Å². The summed E-state index contributed by atoms with van der Waals surface area (Å²) in [5.41, 5.74) is 0.296. The zero-order chi connectivity index (χ0) is 14.8. The summed E-state index contributed by atoms with van der Waals surface area (Å²) in [6, 6.07) is 0. The third kappa shape index (κ3) is 2.40. The minimum atomic E-state index is -1.12. The molecule has 0 atom stereocenters. The maximum atomic E-state index is 11.3. The molecule has 3 aromatic heterocycles. The molecule has 3 aromatic rings. The molecular formula is C12H13N7O2. The molecule has 0 aliphatic carbocycles. The molecule has 9 heteroatoms. The van der Waals surface area contributed by atoms with E-state index in [1.807, 2.05) is 10.8 Å². The van der Waals surface area contributed by atoms with Gasteiger partial charge in [0, 0.05) is 38.4 Å². The first-order valence-corrected chi connectivity index (χ1v) is 6.27. The second kappa shape index (κ2) is 5.19. The molecule has 0 amide bonds. The first-order chi connectivity index (χ1) is 10.2. The number of imidazole rings is 2. The van der Waals surface area contributed by atoms with Crippen molar-refractivity contribution in [2.75, 3.05) is 0 Å². The third-order valence-electron chi connectivity index (χ3n) is 3.10. The molecule has 0 radical (unpaired) electrons. The molecule has 0 aromatic carbocycles. The predicted octanol–water partition coefficient (Wildman–Crippen LogP) is 0.273. The Bertz CT molecular complexity index is 757. The van der Waals surface area contributed by atoms with E-state index in [4.69, 9.17) is 0 Å². The van der Waals surface area contributed by atoms with Crippen molar-refractivity contribution in [2.24, 2.45) is 7.05 Å². The molecular weight excluding hydrogens is 274 g/mol. The number of carbonyl (C=O) groups is 1. The van der Waals surface area contributed by atoms with E-state index < -0.39 is 5.97 Å². The average molecular weight is 287 g/mol. The van der Waals surface area contributed by atoms with Crippen molar-refractivity contribution in [2.45, 2.75) is 13.1 Å². The summed E-state index contributed by atoms with van der Waals surface area (Å²) >= 11 is 0. The van der Waals surface area contributed by atoms with Gasteiger partial charge < -0.3 is 14.2 Å². The van der Waals surface area contributed by atoms with Crippen LogP contribution in [0.3, 0.4) is 0 Å². The number of aromatic carboxylic acids is 1. The van der Waals surface area contributed by atoms with E-state index in [9.17, 15) is 9.90 Å². The van der Waals surface area contributed by atoms with Crippen LogP contribution in [0.1, 0.15) is 10.5 Å². The van der Waals surface area contributed by atoms with E-state index in [0.717, 1.165) is 0 Å². The smallest absolute Gasteiger partial charge is 0.358 e. The van der Waals surface area contributed by atoms with Crippen LogP contribution in [0.25, 0.3) is 11.5 Å². The second-order valence-electron chi connectivity index (χ2n) is 4.48. The second-order valence-corrected chi connectivity index (χ2v) is 4.48. The molecule has 0 aliphatic heterocycles. The van der Waals surface area contributed by atoms with Crippen LogP contribution in [-0.4, -0.2) is 45.2 Å². The number of nitrogens with zero attached hydrogens (tertiary/aromatic N) is 7. The van der Waals surface area contributed by atoms with E-state index in [2.05, 4.69) is 20.3 Å². The van der Waals surface area contributed by atoms with Gasteiger partial charge in [-0.3, -0.25) is 0 Å².